The smallest absolute Gasteiger partial charge is 0.278 e. The summed E-state index contributed by atoms with van der Waals surface area (Å²) in [6.45, 7) is 0. The third-order valence-corrected chi connectivity index (χ3v) is 4.54. The van der Waals surface area contributed by atoms with Crippen LogP contribution in [0.3, 0.4) is 0 Å². The fourth-order valence-corrected chi connectivity index (χ4v) is 3.19. The first kappa shape index (κ1) is 17.8. The van der Waals surface area contributed by atoms with Crippen molar-refractivity contribution in [2.24, 2.45) is 0 Å². The van der Waals surface area contributed by atoms with Crippen molar-refractivity contribution in [3.05, 3.63) is 87.9 Å². The van der Waals surface area contributed by atoms with E-state index in [-0.39, 0.29) is 22.2 Å². The Kier molecular flexibility index (Phi) is 4.58. The van der Waals surface area contributed by atoms with Crippen LogP contribution in [0.1, 0.15) is 0 Å². The highest BCUT2D eigenvalue weighted by molar-refractivity contribution is 6.31. The Balaban J connectivity index is 2.01. The van der Waals surface area contributed by atoms with Crippen molar-refractivity contribution in [1.82, 2.24) is 9.97 Å². The molecule has 0 amide bonds. The summed E-state index contributed by atoms with van der Waals surface area (Å²) in [7, 11) is 0. The molecule has 0 radical (unpaired) electrons. The highest BCUT2D eigenvalue weighted by Crippen LogP contribution is 2.40. The molecule has 0 unspecified atom stereocenters. The van der Waals surface area contributed by atoms with Crippen LogP contribution in [-0.2, 0) is 0 Å². The van der Waals surface area contributed by atoms with Gasteiger partial charge in [-0.2, -0.15) is 0 Å². The van der Waals surface area contributed by atoms with Crippen LogP contribution in [-0.4, -0.2) is 14.9 Å². The van der Waals surface area contributed by atoms with E-state index in [0.29, 0.717) is 22.0 Å². The fraction of sp³-hybridized carbons (Fsp3) is 0. The number of nitro benzene ring substituents is 1. The minimum atomic E-state index is -0.636. The minimum Gasteiger partial charge on any atom is -0.337 e. The third kappa shape index (κ3) is 3.12. The monoisotopic (exact) mass is 394 g/mol. The largest absolute Gasteiger partial charge is 0.337 e. The van der Waals surface area contributed by atoms with Crippen molar-refractivity contribution in [2.75, 3.05) is 5.32 Å². The van der Waals surface area contributed by atoms with Gasteiger partial charge >= 0.3 is 0 Å². The SMILES string of the molecule is O=[N+]([O-])c1ccc2ncnc(Nc3cccc(Cl)c3F)c2c1-c1ccccc1. The van der Waals surface area contributed by atoms with Crippen LogP contribution in [0.25, 0.3) is 22.0 Å². The number of aromatic nitrogens is 2. The Morgan fingerprint density at radius 2 is 1.79 bits per heavy atom. The molecule has 0 atom stereocenters. The summed E-state index contributed by atoms with van der Waals surface area (Å²) < 4.78 is 14.4. The van der Waals surface area contributed by atoms with Gasteiger partial charge in [-0.05, 0) is 23.8 Å². The van der Waals surface area contributed by atoms with Crippen LogP contribution in [0.2, 0.25) is 5.02 Å². The summed E-state index contributed by atoms with van der Waals surface area (Å²) in [6.07, 6.45) is 1.31. The van der Waals surface area contributed by atoms with Gasteiger partial charge in [0.25, 0.3) is 5.69 Å². The number of rotatable bonds is 4. The molecule has 1 N–H and O–H groups in total. The number of benzene rings is 3. The number of hydrogen-bond acceptors (Lipinski definition) is 5. The highest BCUT2D eigenvalue weighted by Gasteiger charge is 2.22. The van der Waals surface area contributed by atoms with Crippen molar-refractivity contribution >= 4 is 39.7 Å². The van der Waals surface area contributed by atoms with Crippen LogP contribution in [0, 0.1) is 15.9 Å². The topological polar surface area (TPSA) is 81.0 Å². The van der Waals surface area contributed by atoms with Crippen molar-refractivity contribution in [3.63, 3.8) is 0 Å². The molecule has 0 spiro atoms. The molecule has 0 saturated heterocycles. The van der Waals surface area contributed by atoms with Crippen LogP contribution < -0.4 is 5.32 Å². The lowest BCUT2D eigenvalue weighted by Crippen LogP contribution is -2.01. The number of nitrogens with one attached hydrogen (secondary N) is 1. The number of nitrogens with zero attached hydrogens (tertiary/aromatic N) is 3. The zero-order valence-corrected chi connectivity index (χ0v) is 15.0. The summed E-state index contributed by atoms with van der Waals surface area (Å²) in [5.41, 5.74) is 1.49. The fourth-order valence-electron chi connectivity index (χ4n) is 3.01. The summed E-state index contributed by atoms with van der Waals surface area (Å²) in [6, 6.07) is 16.4. The zero-order chi connectivity index (χ0) is 19.7. The summed E-state index contributed by atoms with van der Waals surface area (Å²) in [5, 5.41) is 14.9. The molecule has 8 heteroatoms. The van der Waals surface area contributed by atoms with Gasteiger partial charge in [0.05, 0.1) is 32.1 Å². The highest BCUT2D eigenvalue weighted by atomic mass is 35.5. The Morgan fingerprint density at radius 3 is 2.54 bits per heavy atom. The molecule has 1 aromatic heterocycles. The molecule has 4 rings (SSSR count). The second-order valence-corrected chi connectivity index (χ2v) is 6.33. The third-order valence-electron chi connectivity index (χ3n) is 4.25. The van der Waals surface area contributed by atoms with Crippen LogP contribution in [0.4, 0.5) is 21.6 Å². The van der Waals surface area contributed by atoms with Gasteiger partial charge in [-0.15, -0.1) is 0 Å². The summed E-state index contributed by atoms with van der Waals surface area (Å²) in [4.78, 5) is 19.6. The molecular formula is C20H12ClFN4O2. The zero-order valence-electron chi connectivity index (χ0n) is 14.3. The van der Waals surface area contributed by atoms with Crippen molar-refractivity contribution in [3.8, 4) is 11.1 Å². The molecule has 138 valence electrons. The quantitative estimate of drug-likeness (QED) is 0.352. The predicted molar refractivity (Wildman–Crippen MR) is 106 cm³/mol. The predicted octanol–water partition coefficient (Wildman–Crippen LogP) is 5.74. The molecule has 4 aromatic rings. The van der Waals surface area contributed by atoms with Gasteiger partial charge in [-0.25, -0.2) is 14.4 Å². The Bertz CT molecular complexity index is 1200. The van der Waals surface area contributed by atoms with E-state index in [1.807, 2.05) is 6.07 Å². The van der Waals surface area contributed by atoms with Crippen molar-refractivity contribution in [2.45, 2.75) is 0 Å². The van der Waals surface area contributed by atoms with Gasteiger partial charge in [0, 0.05) is 6.07 Å². The standard InChI is InChI=1S/C20H12ClFN4O2/c21-13-7-4-8-15(19(13)22)25-20-18-14(23-11-24-20)9-10-16(26(27)28)17(18)12-5-2-1-3-6-12/h1-11H,(H,23,24,25). The number of nitro groups is 1. The van der Waals surface area contributed by atoms with E-state index in [1.54, 1.807) is 36.4 Å². The van der Waals surface area contributed by atoms with Crippen molar-refractivity contribution < 1.29 is 9.31 Å². The molecule has 0 bridgehead atoms. The maximum Gasteiger partial charge on any atom is 0.278 e. The average molecular weight is 395 g/mol. The van der Waals surface area contributed by atoms with Gasteiger partial charge in [0.2, 0.25) is 0 Å². The lowest BCUT2D eigenvalue weighted by Gasteiger charge is -2.13. The second-order valence-electron chi connectivity index (χ2n) is 5.93. The molecule has 28 heavy (non-hydrogen) atoms. The summed E-state index contributed by atoms with van der Waals surface area (Å²) in [5.74, 6) is -0.392. The maximum atomic E-state index is 14.4. The maximum absolute atomic E-state index is 14.4. The van der Waals surface area contributed by atoms with E-state index in [1.165, 1.54) is 24.5 Å². The van der Waals surface area contributed by atoms with Gasteiger partial charge < -0.3 is 5.32 Å². The number of hydrogen-bond donors (Lipinski definition) is 1. The van der Waals surface area contributed by atoms with Gasteiger partial charge in [-0.1, -0.05) is 48.0 Å². The van der Waals surface area contributed by atoms with Crippen LogP contribution in [0.15, 0.2) is 67.0 Å². The minimum absolute atomic E-state index is 0.0439. The second kappa shape index (κ2) is 7.21. The molecule has 3 aromatic carbocycles. The van der Waals surface area contributed by atoms with Gasteiger partial charge in [0.15, 0.2) is 5.82 Å². The molecule has 0 saturated carbocycles. The van der Waals surface area contributed by atoms with E-state index in [4.69, 9.17) is 11.6 Å². The first-order chi connectivity index (χ1) is 13.6. The van der Waals surface area contributed by atoms with E-state index in [2.05, 4.69) is 15.3 Å². The van der Waals surface area contributed by atoms with E-state index in [9.17, 15) is 14.5 Å². The lowest BCUT2D eigenvalue weighted by atomic mass is 9.98. The van der Waals surface area contributed by atoms with E-state index >= 15 is 0 Å². The Morgan fingerprint density at radius 1 is 1.00 bits per heavy atom. The number of halogens is 2. The molecule has 0 aliphatic rings. The Hall–Kier alpha value is -3.58. The van der Waals surface area contributed by atoms with Crippen LogP contribution in [0.5, 0.6) is 0 Å². The molecule has 0 aliphatic carbocycles. The van der Waals surface area contributed by atoms with Crippen LogP contribution >= 0.6 is 11.6 Å². The lowest BCUT2D eigenvalue weighted by molar-refractivity contribution is -0.384. The molecular weight excluding hydrogens is 383 g/mol. The number of anilines is 2. The molecule has 6 nitrogen and oxygen atoms in total. The van der Waals surface area contributed by atoms with Gasteiger partial charge in [0.1, 0.15) is 12.1 Å². The normalized spacial score (nSPS) is 10.8. The molecule has 0 aliphatic heterocycles. The Labute approximate surface area is 163 Å². The van der Waals surface area contributed by atoms with Crippen molar-refractivity contribution in [1.29, 1.82) is 0 Å². The first-order valence-corrected chi connectivity index (χ1v) is 8.62. The van der Waals surface area contributed by atoms with Gasteiger partial charge in [-0.3, -0.25) is 10.1 Å². The van der Waals surface area contributed by atoms with E-state index in [0.717, 1.165) is 0 Å². The van der Waals surface area contributed by atoms with E-state index < -0.39 is 10.7 Å². The number of fused-ring (bicyclic) bond motifs is 1. The molecule has 1 heterocycles. The average Bonchev–Trinajstić information content (AvgIpc) is 2.71. The first-order valence-electron chi connectivity index (χ1n) is 8.25. The molecule has 0 fully saturated rings. The summed E-state index contributed by atoms with van der Waals surface area (Å²) >= 11 is 5.86.